The molecular weight excluding hydrogens is 438 g/mol. The van der Waals surface area contributed by atoms with Crippen molar-refractivity contribution in [2.45, 2.75) is 64.3 Å². The van der Waals surface area contributed by atoms with E-state index in [0.717, 1.165) is 5.56 Å². The molecule has 0 unspecified atom stereocenters. The van der Waals surface area contributed by atoms with Gasteiger partial charge in [-0.05, 0) is 43.9 Å². The molecule has 34 heavy (non-hydrogen) atoms. The summed E-state index contributed by atoms with van der Waals surface area (Å²) in [6, 6.07) is 5.07. The summed E-state index contributed by atoms with van der Waals surface area (Å²) in [5, 5.41) is 34.4. The maximum Gasteiger partial charge on any atom is 0.302 e. The maximum atomic E-state index is 11.8. The van der Waals surface area contributed by atoms with Gasteiger partial charge >= 0.3 is 5.97 Å². The van der Waals surface area contributed by atoms with Crippen molar-refractivity contribution in [3.63, 3.8) is 0 Å². The van der Waals surface area contributed by atoms with Crippen molar-refractivity contribution in [2.75, 3.05) is 20.7 Å². The molecule has 0 saturated heterocycles. The minimum Gasteiger partial charge on any atom is -0.504 e. The van der Waals surface area contributed by atoms with E-state index in [1.807, 2.05) is 0 Å². The summed E-state index contributed by atoms with van der Waals surface area (Å²) in [7, 11) is 3.05. The lowest BCUT2D eigenvalue weighted by molar-refractivity contribution is -0.151. The molecule has 0 fully saturated rings. The summed E-state index contributed by atoms with van der Waals surface area (Å²) in [5.74, 6) is 6.43. The Morgan fingerprint density at radius 1 is 1.44 bits per heavy atom. The molecule has 2 rings (SSSR count). The molecule has 1 aromatic rings. The van der Waals surface area contributed by atoms with E-state index in [0.29, 0.717) is 31.4 Å². The van der Waals surface area contributed by atoms with Crippen LogP contribution in [0.25, 0.3) is 0 Å². The average Bonchev–Trinajstić information content (AvgIpc) is 2.79. The minimum absolute atomic E-state index is 0.0352. The van der Waals surface area contributed by atoms with Crippen molar-refractivity contribution in [1.82, 2.24) is 5.32 Å². The van der Waals surface area contributed by atoms with Gasteiger partial charge in [-0.25, -0.2) is 0 Å². The monoisotopic (exact) mass is 475 g/mol. The molecule has 0 radical (unpaired) electrons. The van der Waals surface area contributed by atoms with E-state index in [-0.39, 0.29) is 30.6 Å². The highest BCUT2D eigenvalue weighted by molar-refractivity contribution is 5.77. The van der Waals surface area contributed by atoms with E-state index in [2.05, 4.69) is 22.2 Å². The van der Waals surface area contributed by atoms with E-state index < -0.39 is 29.7 Å². The fourth-order valence-corrected chi connectivity index (χ4v) is 4.19. The normalized spacial score (nSPS) is 26.5. The third kappa shape index (κ3) is 7.54. The molecule has 0 amide bonds. The topological polar surface area (TPSA) is 147 Å². The lowest BCUT2D eigenvalue weighted by Gasteiger charge is -2.35. The SMILES string of the molecule is CN=C(N)NC[C@@]1([C@H](C)O)C#CC[C@H](Cc2ccc(O)c(OC)c2)[C@@H](OC(C)=O)C[C@@H](O)CC1. The quantitative estimate of drug-likeness (QED) is 0.172. The predicted octanol–water partition coefficient (Wildman–Crippen LogP) is 1.33. The standard InChI is InChI=1S/C25H37N3O6/c1-16(29)25(15-28-24(26)27-3)10-5-6-19(12-18-7-8-21(32)23(13-18)33-4)22(34-17(2)30)14-20(31)9-11-25/h7-8,13,16,19-20,22,29,31-32H,6,9,11-12,14-15H2,1-4H3,(H3,26,27,28)/t16-,19+,20-,22-,25+/m0/s1. The lowest BCUT2D eigenvalue weighted by Crippen LogP contribution is -2.46. The van der Waals surface area contributed by atoms with Gasteiger partial charge in [0.15, 0.2) is 17.5 Å². The Balaban J connectivity index is 2.41. The molecule has 9 heteroatoms. The van der Waals surface area contributed by atoms with E-state index in [1.54, 1.807) is 32.2 Å². The van der Waals surface area contributed by atoms with Crippen molar-refractivity contribution in [3.8, 4) is 23.3 Å². The number of esters is 1. The smallest absolute Gasteiger partial charge is 0.302 e. The number of aliphatic hydroxyl groups is 2. The van der Waals surface area contributed by atoms with Gasteiger partial charge in [-0.3, -0.25) is 9.79 Å². The molecule has 0 bridgehead atoms. The minimum atomic E-state index is -0.836. The Morgan fingerprint density at radius 3 is 2.79 bits per heavy atom. The highest BCUT2D eigenvalue weighted by atomic mass is 16.5. The fourth-order valence-electron chi connectivity index (χ4n) is 4.19. The zero-order valence-electron chi connectivity index (χ0n) is 20.4. The number of phenols is 1. The molecule has 5 atom stereocenters. The van der Waals surface area contributed by atoms with Crippen LogP contribution >= 0.6 is 0 Å². The number of nitrogens with two attached hydrogens (primary N) is 1. The van der Waals surface area contributed by atoms with Crippen LogP contribution in [0.3, 0.4) is 0 Å². The number of aliphatic hydroxyl groups excluding tert-OH is 2. The fraction of sp³-hybridized carbons (Fsp3) is 0.600. The van der Waals surface area contributed by atoms with Crippen LogP contribution < -0.4 is 15.8 Å². The Bertz CT molecular complexity index is 923. The number of carbonyl (C=O) groups is 1. The summed E-state index contributed by atoms with van der Waals surface area (Å²) < 4.78 is 10.8. The molecule has 9 nitrogen and oxygen atoms in total. The van der Waals surface area contributed by atoms with Crippen LogP contribution in [0.2, 0.25) is 0 Å². The van der Waals surface area contributed by atoms with E-state index in [1.165, 1.54) is 14.0 Å². The van der Waals surface area contributed by atoms with Crippen LogP contribution in [0.1, 0.15) is 45.1 Å². The van der Waals surface area contributed by atoms with Crippen LogP contribution in [0.5, 0.6) is 11.5 Å². The van der Waals surface area contributed by atoms with Crippen molar-refractivity contribution in [1.29, 1.82) is 0 Å². The van der Waals surface area contributed by atoms with Gasteiger partial charge < -0.3 is 35.8 Å². The number of guanidine groups is 1. The van der Waals surface area contributed by atoms with Crippen molar-refractivity contribution >= 4 is 11.9 Å². The molecule has 0 spiro atoms. The van der Waals surface area contributed by atoms with Gasteiger partial charge in [-0.15, -0.1) is 5.92 Å². The molecule has 1 aliphatic rings. The van der Waals surface area contributed by atoms with Crippen LogP contribution in [-0.2, 0) is 16.0 Å². The number of methoxy groups -OCH3 is 1. The number of nitrogens with one attached hydrogen (secondary N) is 1. The van der Waals surface area contributed by atoms with Gasteiger partial charge in [-0.1, -0.05) is 12.0 Å². The Morgan fingerprint density at radius 2 is 2.18 bits per heavy atom. The summed E-state index contributed by atoms with van der Waals surface area (Å²) in [6.45, 7) is 3.30. The van der Waals surface area contributed by atoms with Gasteiger partial charge in [0.1, 0.15) is 6.10 Å². The Hall–Kier alpha value is -2.96. The second kappa shape index (κ2) is 12.5. The number of phenolic OH excluding ortho intramolecular Hbond substituents is 1. The highest BCUT2D eigenvalue weighted by Crippen LogP contribution is 2.33. The number of ether oxygens (including phenoxy) is 2. The van der Waals surface area contributed by atoms with E-state index >= 15 is 0 Å². The summed E-state index contributed by atoms with van der Waals surface area (Å²) in [6.07, 6.45) is -0.170. The number of aliphatic imine (C=N–C) groups is 1. The third-order valence-electron chi connectivity index (χ3n) is 6.34. The first-order valence-corrected chi connectivity index (χ1v) is 11.5. The number of nitrogens with zero attached hydrogens (tertiary/aromatic N) is 1. The first kappa shape index (κ1) is 27.3. The van der Waals surface area contributed by atoms with Crippen molar-refractivity contribution < 1.29 is 29.6 Å². The Labute approximate surface area is 201 Å². The summed E-state index contributed by atoms with van der Waals surface area (Å²) in [5.41, 5.74) is 5.83. The van der Waals surface area contributed by atoms with Crippen LogP contribution in [0.4, 0.5) is 0 Å². The van der Waals surface area contributed by atoms with Gasteiger partial charge in [-0.2, -0.15) is 0 Å². The van der Waals surface area contributed by atoms with Crippen molar-refractivity contribution in [3.05, 3.63) is 23.8 Å². The Kier molecular flexibility index (Phi) is 10.0. The van der Waals surface area contributed by atoms with Gasteiger partial charge in [0.05, 0.1) is 24.7 Å². The largest absolute Gasteiger partial charge is 0.504 e. The highest BCUT2D eigenvalue weighted by Gasteiger charge is 2.36. The summed E-state index contributed by atoms with van der Waals surface area (Å²) >= 11 is 0. The first-order chi connectivity index (χ1) is 16.1. The molecule has 6 N–H and O–H groups in total. The summed E-state index contributed by atoms with van der Waals surface area (Å²) in [4.78, 5) is 15.7. The molecule has 0 aromatic heterocycles. The van der Waals surface area contributed by atoms with E-state index in [9.17, 15) is 20.1 Å². The van der Waals surface area contributed by atoms with Crippen LogP contribution in [0.15, 0.2) is 23.2 Å². The average molecular weight is 476 g/mol. The number of carbonyl (C=O) groups excluding carboxylic acids is 1. The van der Waals surface area contributed by atoms with Crippen molar-refractivity contribution in [2.24, 2.45) is 22.1 Å². The van der Waals surface area contributed by atoms with Gasteiger partial charge in [0.2, 0.25) is 0 Å². The molecule has 1 aliphatic carbocycles. The third-order valence-corrected chi connectivity index (χ3v) is 6.34. The molecule has 1 aromatic carbocycles. The van der Waals surface area contributed by atoms with Crippen LogP contribution in [0, 0.1) is 23.2 Å². The van der Waals surface area contributed by atoms with Gasteiger partial charge in [0, 0.05) is 39.3 Å². The first-order valence-electron chi connectivity index (χ1n) is 11.5. The number of hydrogen-bond donors (Lipinski definition) is 5. The van der Waals surface area contributed by atoms with Gasteiger partial charge in [0.25, 0.3) is 0 Å². The van der Waals surface area contributed by atoms with Crippen LogP contribution in [-0.4, -0.2) is 66.3 Å². The molecule has 188 valence electrons. The number of aromatic hydroxyl groups is 1. The zero-order chi connectivity index (χ0) is 25.3. The zero-order valence-corrected chi connectivity index (χ0v) is 20.4. The number of rotatable bonds is 7. The molecular formula is C25H37N3O6. The molecule has 0 heterocycles. The molecule has 0 saturated carbocycles. The maximum absolute atomic E-state index is 11.8. The second-order valence-electron chi connectivity index (χ2n) is 8.85. The number of hydrogen-bond acceptors (Lipinski definition) is 7. The van der Waals surface area contributed by atoms with E-state index in [4.69, 9.17) is 15.2 Å². The predicted molar refractivity (Wildman–Crippen MR) is 129 cm³/mol. The second-order valence-corrected chi connectivity index (χ2v) is 8.85. The molecule has 0 aliphatic heterocycles. The number of benzene rings is 1. The lowest BCUT2D eigenvalue weighted by atomic mass is 9.76.